The number of hydrogen-bond donors (Lipinski definition) is 2. The highest BCUT2D eigenvalue weighted by Gasteiger charge is 2.20. The van der Waals surface area contributed by atoms with Crippen LogP contribution >= 0.6 is 0 Å². The monoisotopic (exact) mass is 232 g/mol. The second-order valence-electron chi connectivity index (χ2n) is 4.38. The molecule has 3 N–H and O–H groups in total. The predicted molar refractivity (Wildman–Crippen MR) is 70.9 cm³/mol. The van der Waals surface area contributed by atoms with Crippen LogP contribution in [0.15, 0.2) is 30.5 Å². The number of nitrogens with one attached hydrogen (secondary N) is 1. The minimum atomic E-state index is -0.0731. The Bertz CT molecular complexity index is 478. The predicted octanol–water partition coefficient (Wildman–Crippen LogP) is 2.98. The molecule has 2 aromatic rings. The fraction of sp³-hybridized carbons (Fsp3) is 0.429. The second kappa shape index (κ2) is 5.34. The van der Waals surface area contributed by atoms with Gasteiger partial charge in [-0.05, 0) is 18.1 Å². The molecule has 3 heteroatoms. The molecule has 1 aromatic carbocycles. The molecular formula is C14H20N2O. The number of hydrogen-bond acceptors (Lipinski definition) is 2. The number of methoxy groups -OCH3 is 1. The van der Waals surface area contributed by atoms with Crippen LogP contribution in [-0.2, 0) is 4.74 Å². The first kappa shape index (κ1) is 12.1. The lowest BCUT2D eigenvalue weighted by molar-refractivity contribution is 0.0729. The molecule has 0 bridgehead atoms. The van der Waals surface area contributed by atoms with Crippen LogP contribution in [0.1, 0.15) is 31.4 Å². The summed E-state index contributed by atoms with van der Waals surface area (Å²) in [7, 11) is 1.73. The molecule has 0 spiro atoms. The highest BCUT2D eigenvalue weighted by atomic mass is 16.5. The van der Waals surface area contributed by atoms with E-state index in [9.17, 15) is 0 Å². The van der Waals surface area contributed by atoms with Crippen LogP contribution in [0.5, 0.6) is 0 Å². The van der Waals surface area contributed by atoms with Gasteiger partial charge < -0.3 is 15.5 Å². The van der Waals surface area contributed by atoms with Gasteiger partial charge in [0, 0.05) is 24.2 Å². The third-order valence-electron chi connectivity index (χ3n) is 3.26. The van der Waals surface area contributed by atoms with E-state index in [4.69, 9.17) is 10.5 Å². The maximum atomic E-state index is 6.30. The van der Waals surface area contributed by atoms with E-state index in [1.165, 1.54) is 5.39 Å². The summed E-state index contributed by atoms with van der Waals surface area (Å²) in [6.45, 7) is 2.15. The van der Waals surface area contributed by atoms with Crippen molar-refractivity contribution in [2.24, 2.45) is 5.73 Å². The van der Waals surface area contributed by atoms with Crippen LogP contribution in [0.3, 0.4) is 0 Å². The third kappa shape index (κ3) is 2.35. The molecule has 0 aliphatic carbocycles. The SMILES string of the molecule is CCCC(OC)C(N)c1c[nH]c2ccccc12. The Balaban J connectivity index is 2.32. The van der Waals surface area contributed by atoms with E-state index in [1.54, 1.807) is 7.11 Å². The Morgan fingerprint density at radius 3 is 2.82 bits per heavy atom. The lowest BCUT2D eigenvalue weighted by Crippen LogP contribution is -2.27. The van der Waals surface area contributed by atoms with Crippen molar-refractivity contribution >= 4 is 10.9 Å². The van der Waals surface area contributed by atoms with Crippen LogP contribution in [-0.4, -0.2) is 18.2 Å². The number of aromatic amines is 1. The van der Waals surface area contributed by atoms with E-state index in [2.05, 4.69) is 24.0 Å². The number of para-hydroxylation sites is 1. The van der Waals surface area contributed by atoms with Gasteiger partial charge in [0.1, 0.15) is 0 Å². The van der Waals surface area contributed by atoms with Gasteiger partial charge in [0.2, 0.25) is 0 Å². The summed E-state index contributed by atoms with van der Waals surface area (Å²) in [6, 6.07) is 8.14. The number of benzene rings is 1. The molecule has 92 valence electrons. The lowest BCUT2D eigenvalue weighted by atomic mass is 9.98. The first-order chi connectivity index (χ1) is 8.27. The van der Waals surface area contributed by atoms with E-state index in [-0.39, 0.29) is 12.1 Å². The van der Waals surface area contributed by atoms with Crippen LogP contribution in [0, 0.1) is 0 Å². The molecule has 0 amide bonds. The van der Waals surface area contributed by atoms with Gasteiger partial charge in [0.05, 0.1) is 12.1 Å². The maximum Gasteiger partial charge on any atom is 0.0764 e. The Labute approximate surface area is 102 Å². The Hall–Kier alpha value is -1.32. The Morgan fingerprint density at radius 1 is 1.35 bits per heavy atom. The summed E-state index contributed by atoms with van der Waals surface area (Å²) in [4.78, 5) is 3.25. The summed E-state index contributed by atoms with van der Waals surface area (Å²) in [5.41, 5.74) is 8.57. The number of rotatable bonds is 5. The van der Waals surface area contributed by atoms with Gasteiger partial charge in [0.15, 0.2) is 0 Å². The van der Waals surface area contributed by atoms with E-state index in [1.807, 2.05) is 18.3 Å². The molecule has 17 heavy (non-hydrogen) atoms. The van der Waals surface area contributed by atoms with Gasteiger partial charge in [-0.25, -0.2) is 0 Å². The number of ether oxygens (including phenoxy) is 1. The van der Waals surface area contributed by atoms with Gasteiger partial charge in [0.25, 0.3) is 0 Å². The highest BCUT2D eigenvalue weighted by molar-refractivity contribution is 5.83. The van der Waals surface area contributed by atoms with Crippen molar-refractivity contribution in [1.82, 2.24) is 4.98 Å². The molecule has 0 aliphatic heterocycles. The molecule has 0 radical (unpaired) electrons. The van der Waals surface area contributed by atoms with Gasteiger partial charge in [-0.2, -0.15) is 0 Å². The number of aromatic nitrogens is 1. The Morgan fingerprint density at radius 2 is 2.12 bits per heavy atom. The van der Waals surface area contributed by atoms with Gasteiger partial charge >= 0.3 is 0 Å². The van der Waals surface area contributed by atoms with Crippen LogP contribution in [0.4, 0.5) is 0 Å². The smallest absolute Gasteiger partial charge is 0.0764 e. The van der Waals surface area contributed by atoms with Crippen LogP contribution in [0.2, 0.25) is 0 Å². The topological polar surface area (TPSA) is 51.0 Å². The van der Waals surface area contributed by atoms with Crippen molar-refractivity contribution in [3.63, 3.8) is 0 Å². The van der Waals surface area contributed by atoms with Crippen molar-refractivity contribution in [2.45, 2.75) is 31.9 Å². The van der Waals surface area contributed by atoms with Gasteiger partial charge in [-0.1, -0.05) is 31.5 Å². The number of H-pyrrole nitrogens is 1. The van der Waals surface area contributed by atoms with E-state index < -0.39 is 0 Å². The normalized spacial score (nSPS) is 15.0. The molecule has 1 heterocycles. The van der Waals surface area contributed by atoms with Crippen LogP contribution < -0.4 is 5.73 Å². The van der Waals surface area contributed by atoms with E-state index >= 15 is 0 Å². The third-order valence-corrected chi connectivity index (χ3v) is 3.26. The molecule has 0 saturated carbocycles. The first-order valence-electron chi connectivity index (χ1n) is 6.12. The summed E-state index contributed by atoms with van der Waals surface area (Å²) in [6.07, 6.45) is 4.14. The van der Waals surface area contributed by atoms with Crippen molar-refractivity contribution in [3.05, 3.63) is 36.0 Å². The molecule has 2 unspecified atom stereocenters. The van der Waals surface area contributed by atoms with Crippen molar-refractivity contribution < 1.29 is 4.74 Å². The molecule has 2 rings (SSSR count). The fourth-order valence-electron chi connectivity index (χ4n) is 2.30. The summed E-state index contributed by atoms with van der Waals surface area (Å²) >= 11 is 0. The molecule has 0 saturated heterocycles. The second-order valence-corrected chi connectivity index (χ2v) is 4.38. The first-order valence-corrected chi connectivity index (χ1v) is 6.12. The van der Waals surface area contributed by atoms with Gasteiger partial charge in [-0.3, -0.25) is 0 Å². The van der Waals surface area contributed by atoms with E-state index in [0.717, 1.165) is 23.9 Å². The lowest BCUT2D eigenvalue weighted by Gasteiger charge is -2.21. The highest BCUT2D eigenvalue weighted by Crippen LogP contribution is 2.27. The Kier molecular flexibility index (Phi) is 3.82. The zero-order valence-electron chi connectivity index (χ0n) is 10.4. The molecule has 1 aromatic heterocycles. The van der Waals surface area contributed by atoms with Crippen molar-refractivity contribution in [3.8, 4) is 0 Å². The number of nitrogens with two attached hydrogens (primary N) is 1. The average Bonchev–Trinajstić information content (AvgIpc) is 2.79. The summed E-state index contributed by atoms with van der Waals surface area (Å²) in [5, 5.41) is 1.19. The zero-order valence-corrected chi connectivity index (χ0v) is 10.4. The van der Waals surface area contributed by atoms with Gasteiger partial charge in [-0.15, -0.1) is 0 Å². The van der Waals surface area contributed by atoms with Crippen LogP contribution in [0.25, 0.3) is 10.9 Å². The standard InChI is InChI=1S/C14H20N2O/c1-3-6-13(17-2)14(15)11-9-16-12-8-5-4-7-10(11)12/h4-5,7-9,13-14,16H,3,6,15H2,1-2H3. The minimum absolute atomic E-state index is 0.0731. The fourth-order valence-corrected chi connectivity index (χ4v) is 2.30. The quantitative estimate of drug-likeness (QED) is 0.832. The summed E-state index contributed by atoms with van der Waals surface area (Å²) < 4.78 is 5.49. The molecule has 3 nitrogen and oxygen atoms in total. The van der Waals surface area contributed by atoms with E-state index in [0.29, 0.717) is 0 Å². The molecule has 0 aliphatic rings. The average molecular weight is 232 g/mol. The minimum Gasteiger partial charge on any atom is -0.379 e. The largest absolute Gasteiger partial charge is 0.379 e. The molecule has 0 fully saturated rings. The number of fused-ring (bicyclic) bond motifs is 1. The zero-order chi connectivity index (χ0) is 12.3. The summed E-state index contributed by atoms with van der Waals surface area (Å²) in [5.74, 6) is 0. The van der Waals surface area contributed by atoms with Crippen molar-refractivity contribution in [1.29, 1.82) is 0 Å². The maximum absolute atomic E-state index is 6.30. The molecular weight excluding hydrogens is 212 g/mol. The molecule has 2 atom stereocenters. The van der Waals surface area contributed by atoms with Crippen molar-refractivity contribution in [2.75, 3.05) is 7.11 Å².